The lowest BCUT2D eigenvalue weighted by atomic mass is 9.79. The van der Waals surface area contributed by atoms with Crippen LogP contribution in [-0.4, -0.2) is 45.5 Å². The summed E-state index contributed by atoms with van der Waals surface area (Å²) in [5, 5.41) is 12.4. The van der Waals surface area contributed by atoms with Crippen LogP contribution in [0.1, 0.15) is 53.9 Å². The number of hydrogen-bond donors (Lipinski definition) is 2. The number of amidine groups is 1. The van der Waals surface area contributed by atoms with E-state index in [0.717, 1.165) is 0 Å². The van der Waals surface area contributed by atoms with Crippen molar-refractivity contribution in [2.24, 2.45) is 10.4 Å². The monoisotopic (exact) mass is 358 g/mol. The van der Waals surface area contributed by atoms with Crippen molar-refractivity contribution in [3.8, 4) is 0 Å². The van der Waals surface area contributed by atoms with Gasteiger partial charge >= 0.3 is 12.1 Å². The smallest absolute Gasteiger partial charge is 0.413 e. The van der Waals surface area contributed by atoms with E-state index in [1.165, 1.54) is 11.8 Å². The maximum absolute atomic E-state index is 11.7. The number of ketones is 1. The second-order valence-corrected chi connectivity index (χ2v) is 7.57. The third kappa shape index (κ3) is 4.96. The van der Waals surface area contributed by atoms with E-state index in [1.54, 1.807) is 20.8 Å². The molecule has 2 rings (SSSR count). The molecule has 2 aliphatic rings. The molecule has 24 heavy (non-hydrogen) atoms. The highest BCUT2D eigenvalue weighted by molar-refractivity contribution is 8.14. The lowest BCUT2D eigenvalue weighted by Crippen LogP contribution is -2.40. The number of carbonyl (C=O) groups is 3. The number of ether oxygens (including phenoxy) is 1. The van der Waals surface area contributed by atoms with Crippen molar-refractivity contribution in [2.45, 2.75) is 65.5 Å². The Morgan fingerprint density at radius 1 is 1.38 bits per heavy atom. The average Bonchev–Trinajstić information content (AvgIpc) is 3.06. The molecule has 7 nitrogen and oxygen atoms in total. The molecule has 0 aromatic carbocycles. The molecular formula is C16H26N2O5S. The number of Topliss-reactive ketones (excluding diaryl/α,β-unsaturated/α-hetero) is 1. The zero-order chi connectivity index (χ0) is 18.5. The minimum Gasteiger partial charge on any atom is -0.481 e. The molecule has 1 heterocycles. The van der Waals surface area contributed by atoms with Crippen LogP contribution in [0.5, 0.6) is 0 Å². The molecule has 0 aromatic heterocycles. The number of thioether (sulfide) groups is 1. The summed E-state index contributed by atoms with van der Waals surface area (Å²) in [6, 6.07) is -0.508. The maximum atomic E-state index is 11.7. The molecule has 1 aliphatic carbocycles. The van der Waals surface area contributed by atoms with Gasteiger partial charge in [-0.25, -0.2) is 4.79 Å². The number of aliphatic imine (C=N–C) groups is 1. The number of amides is 1. The zero-order valence-corrected chi connectivity index (χ0v) is 15.7. The molecule has 0 spiro atoms. The summed E-state index contributed by atoms with van der Waals surface area (Å²) in [7, 11) is 0. The molecular weight excluding hydrogens is 332 g/mol. The number of aliphatic carboxylic acids is 1. The van der Waals surface area contributed by atoms with Crippen LogP contribution in [-0.2, 0) is 14.3 Å². The Kier molecular flexibility index (Phi) is 6.83. The number of carboxylic acid groups (broad SMARTS) is 1. The number of carboxylic acids is 1. The molecule has 0 radical (unpaired) electrons. The van der Waals surface area contributed by atoms with Crippen LogP contribution >= 0.6 is 11.8 Å². The maximum Gasteiger partial charge on any atom is 0.413 e. The minimum atomic E-state index is -1.14. The molecule has 2 unspecified atom stereocenters. The molecule has 2 atom stereocenters. The summed E-state index contributed by atoms with van der Waals surface area (Å²) in [6.45, 7) is 9.26. The van der Waals surface area contributed by atoms with E-state index in [2.05, 4.69) is 10.3 Å². The number of alkyl carbamates (subject to hydrolysis) is 1. The van der Waals surface area contributed by atoms with Gasteiger partial charge in [-0.1, -0.05) is 25.6 Å². The van der Waals surface area contributed by atoms with E-state index < -0.39 is 29.1 Å². The summed E-state index contributed by atoms with van der Waals surface area (Å²) in [6.07, 6.45) is -0.0317. The second-order valence-electron chi connectivity index (χ2n) is 6.56. The van der Waals surface area contributed by atoms with Crippen molar-refractivity contribution in [1.82, 2.24) is 5.32 Å². The molecule has 1 fully saturated rings. The van der Waals surface area contributed by atoms with Gasteiger partial charge in [0.05, 0.1) is 11.5 Å². The zero-order valence-electron chi connectivity index (χ0n) is 14.8. The predicted molar refractivity (Wildman–Crippen MR) is 93.3 cm³/mol. The lowest BCUT2D eigenvalue weighted by molar-refractivity contribution is -0.150. The predicted octanol–water partition coefficient (Wildman–Crippen LogP) is 2.83. The van der Waals surface area contributed by atoms with Crippen LogP contribution in [0.25, 0.3) is 0 Å². The van der Waals surface area contributed by atoms with Crippen LogP contribution in [0.3, 0.4) is 0 Å². The first-order valence-corrected chi connectivity index (χ1v) is 9.07. The summed E-state index contributed by atoms with van der Waals surface area (Å²) < 4.78 is 5.14. The van der Waals surface area contributed by atoms with Crippen molar-refractivity contribution in [3.05, 3.63) is 0 Å². The molecule has 0 saturated heterocycles. The average molecular weight is 358 g/mol. The van der Waals surface area contributed by atoms with Gasteiger partial charge < -0.3 is 9.84 Å². The van der Waals surface area contributed by atoms with Gasteiger partial charge in [-0.15, -0.1) is 0 Å². The molecule has 136 valence electrons. The molecule has 1 aliphatic heterocycles. The van der Waals surface area contributed by atoms with E-state index in [-0.39, 0.29) is 18.6 Å². The van der Waals surface area contributed by atoms with Crippen molar-refractivity contribution in [3.63, 3.8) is 0 Å². The minimum absolute atomic E-state index is 0.0107. The second kappa shape index (κ2) is 8.00. The van der Waals surface area contributed by atoms with Crippen LogP contribution in [0.4, 0.5) is 4.79 Å². The summed E-state index contributed by atoms with van der Waals surface area (Å²) in [4.78, 5) is 39.2. The standard InChI is InChI=1S/C14H20N2O5S.C2H6/c1-13(2,3)21-12(20)16-11-15-9(7-22-11)14(10(18)19)5-4-8(17)6-14;1-2/h9H,4-7H2,1-3H3,(H,18,19)(H,15,16,20);1-2H3. The number of hydrogen-bond acceptors (Lipinski definition) is 6. The highest BCUT2D eigenvalue weighted by atomic mass is 32.2. The van der Waals surface area contributed by atoms with E-state index in [9.17, 15) is 19.5 Å². The van der Waals surface area contributed by atoms with Gasteiger partial charge in [-0.3, -0.25) is 19.9 Å². The first-order chi connectivity index (χ1) is 11.1. The van der Waals surface area contributed by atoms with Gasteiger partial charge in [0.2, 0.25) is 0 Å². The quantitative estimate of drug-likeness (QED) is 0.786. The number of nitrogens with zero attached hydrogens (tertiary/aromatic N) is 1. The third-order valence-electron chi connectivity index (χ3n) is 3.69. The van der Waals surface area contributed by atoms with Crippen molar-refractivity contribution >= 4 is 34.8 Å². The Morgan fingerprint density at radius 2 is 2.00 bits per heavy atom. The van der Waals surface area contributed by atoms with Gasteiger partial charge in [0.25, 0.3) is 0 Å². The van der Waals surface area contributed by atoms with Crippen LogP contribution in [0.2, 0.25) is 0 Å². The van der Waals surface area contributed by atoms with Crippen molar-refractivity contribution < 1.29 is 24.2 Å². The fourth-order valence-electron chi connectivity index (χ4n) is 2.62. The summed E-state index contributed by atoms with van der Waals surface area (Å²) >= 11 is 1.27. The molecule has 8 heteroatoms. The largest absolute Gasteiger partial charge is 0.481 e. The number of carbonyl (C=O) groups excluding carboxylic acids is 2. The first-order valence-electron chi connectivity index (χ1n) is 8.08. The van der Waals surface area contributed by atoms with Gasteiger partial charge in [-0.2, -0.15) is 0 Å². The van der Waals surface area contributed by atoms with E-state index in [0.29, 0.717) is 17.3 Å². The van der Waals surface area contributed by atoms with Crippen LogP contribution in [0, 0.1) is 5.41 Å². The van der Waals surface area contributed by atoms with Crippen LogP contribution in [0.15, 0.2) is 4.99 Å². The SMILES string of the molecule is CC.CC(C)(C)OC(=O)NC1=NC(C2(C(=O)O)CCC(=O)C2)CS1. The Morgan fingerprint density at radius 3 is 2.46 bits per heavy atom. The van der Waals surface area contributed by atoms with Crippen LogP contribution < -0.4 is 5.32 Å². The summed E-state index contributed by atoms with van der Waals surface area (Å²) in [5.74, 6) is -0.604. The highest BCUT2D eigenvalue weighted by Gasteiger charge is 2.52. The fourth-order valence-corrected chi connectivity index (χ4v) is 3.68. The number of rotatable bonds is 2. The Labute approximate surface area is 146 Å². The Bertz CT molecular complexity index is 541. The van der Waals surface area contributed by atoms with Gasteiger partial charge in [0, 0.05) is 18.6 Å². The highest BCUT2D eigenvalue weighted by Crippen LogP contribution is 2.44. The van der Waals surface area contributed by atoms with E-state index in [4.69, 9.17) is 4.74 Å². The van der Waals surface area contributed by atoms with Crippen molar-refractivity contribution in [1.29, 1.82) is 0 Å². The Balaban J connectivity index is 0.00000139. The lowest BCUT2D eigenvalue weighted by Gasteiger charge is -2.27. The molecule has 1 saturated carbocycles. The first kappa shape index (κ1) is 20.5. The van der Waals surface area contributed by atoms with E-state index in [1.807, 2.05) is 13.8 Å². The van der Waals surface area contributed by atoms with E-state index >= 15 is 0 Å². The topological polar surface area (TPSA) is 105 Å². The molecule has 0 aromatic rings. The fraction of sp³-hybridized carbons (Fsp3) is 0.750. The third-order valence-corrected chi connectivity index (χ3v) is 4.65. The van der Waals surface area contributed by atoms with Gasteiger partial charge in [0.15, 0.2) is 5.17 Å². The van der Waals surface area contributed by atoms with Gasteiger partial charge in [0.1, 0.15) is 11.4 Å². The normalized spacial score (nSPS) is 26.3. The Hall–Kier alpha value is -1.57. The van der Waals surface area contributed by atoms with Crippen molar-refractivity contribution in [2.75, 3.05) is 5.75 Å². The molecule has 0 bridgehead atoms. The summed E-state index contributed by atoms with van der Waals surface area (Å²) in [5.41, 5.74) is -1.76. The van der Waals surface area contributed by atoms with Gasteiger partial charge in [-0.05, 0) is 27.2 Å². The number of nitrogens with one attached hydrogen (secondary N) is 1. The molecule has 1 amide bonds. The molecule has 2 N–H and O–H groups in total.